The van der Waals surface area contributed by atoms with Crippen molar-refractivity contribution in [1.82, 2.24) is 19.2 Å². The maximum atomic E-state index is 5.03. The molecule has 0 saturated carbocycles. The van der Waals surface area contributed by atoms with Crippen LogP contribution in [0.1, 0.15) is 305 Å². The molecule has 0 fully saturated rings. The van der Waals surface area contributed by atoms with Crippen LogP contribution in [0.15, 0.2) is 24.3 Å². The first kappa shape index (κ1) is 64.4. The molecule has 6 aromatic rings. The molecule has 0 saturated heterocycles. The number of hydrogen-bond acceptors (Lipinski definition) is 8. The fraction of sp³-hybridized carbons (Fsp3) is 0.735. The summed E-state index contributed by atoms with van der Waals surface area (Å²) < 4.78 is 15.0. The molecule has 5 heterocycles. The molecule has 0 aliphatic heterocycles. The third kappa shape index (κ3) is 22.5. The summed E-state index contributed by atoms with van der Waals surface area (Å²) >= 11 is 7.50. The van der Waals surface area contributed by atoms with Gasteiger partial charge in [0, 0.05) is 0 Å². The Hall–Kier alpha value is -1.74. The second-order valence-corrected chi connectivity index (χ2v) is 30.3. The molecule has 0 spiro atoms. The Morgan fingerprint density at radius 3 is 1.10 bits per heavy atom. The fourth-order valence-corrected chi connectivity index (χ4v) is 18.4. The number of benzene rings is 1. The monoisotopic (exact) mass is 1190 g/mol. The van der Waals surface area contributed by atoms with Crippen molar-refractivity contribution in [2.45, 2.75) is 311 Å². The molecule has 6 rings (SSSR count). The van der Waals surface area contributed by atoms with Crippen LogP contribution in [0.5, 0.6) is 0 Å². The van der Waals surface area contributed by atoms with Crippen LogP contribution in [0.25, 0.3) is 50.6 Å². The van der Waals surface area contributed by atoms with Gasteiger partial charge in [0.2, 0.25) is 0 Å². The van der Waals surface area contributed by atoms with Crippen molar-refractivity contribution >= 4 is 80.7 Å². The summed E-state index contributed by atoms with van der Waals surface area (Å²) in [5.41, 5.74) is 7.66. The maximum absolute atomic E-state index is 5.03. The zero-order chi connectivity index (χ0) is 54.1. The Morgan fingerprint density at radius 1 is 0.403 bits per heavy atom. The van der Waals surface area contributed by atoms with Crippen molar-refractivity contribution in [2.75, 3.05) is 0 Å². The van der Waals surface area contributed by atoms with Crippen LogP contribution in [0, 0.1) is 25.7 Å². The van der Waals surface area contributed by atoms with Gasteiger partial charge in [-0.3, -0.25) is 0 Å². The van der Waals surface area contributed by atoms with Gasteiger partial charge in [-0.25, -0.2) is 0 Å². The van der Waals surface area contributed by atoms with Gasteiger partial charge in [-0.1, -0.05) is 195 Å². The molecular formula is C68H108N4S4Se. The van der Waals surface area contributed by atoms with E-state index in [1.807, 2.05) is 22.7 Å². The van der Waals surface area contributed by atoms with Gasteiger partial charge >= 0.3 is 297 Å². The number of hydrogen-bond donors (Lipinski definition) is 0. The van der Waals surface area contributed by atoms with Gasteiger partial charge in [0.15, 0.2) is 0 Å². The van der Waals surface area contributed by atoms with Crippen LogP contribution in [-0.2, 0) is 12.8 Å². The number of nitrogens with zero attached hydrogens (tertiary/aromatic N) is 4. The van der Waals surface area contributed by atoms with Crippen LogP contribution in [0.4, 0.5) is 0 Å². The molecule has 9 heteroatoms. The Bertz CT molecular complexity index is 2380. The molecule has 2 atom stereocenters. The van der Waals surface area contributed by atoms with E-state index >= 15 is 0 Å². The minimum atomic E-state index is 0.373. The third-order valence-electron chi connectivity index (χ3n) is 17.1. The summed E-state index contributed by atoms with van der Waals surface area (Å²) in [6.07, 6.45) is 58.3. The standard InChI is InChI=1S/C68H108N4S4Se/c1-7-11-15-19-23-27-29-33-37-40-44-55(43-39-35-31-25-21-17-13-9-3)49-57-51-59(73-54(57)6)62-64-68(76-71-69-64)63(65-67(62)75-72-70-65)60-52-58(66(74-60)61-48-47-53(5)77-61)50-56(45-41-36-32-26-22-18-14-10-4)46-42-38-34-30-28-24-20-16-12-8-2/h47-48,51-52,55-56H,7-46,49-50H2,1-6H3. The van der Waals surface area contributed by atoms with Crippen LogP contribution in [-0.4, -0.2) is 33.7 Å². The summed E-state index contributed by atoms with van der Waals surface area (Å²) in [6, 6.07) is 9.99. The predicted molar refractivity (Wildman–Crippen MR) is 349 cm³/mol. The molecule has 430 valence electrons. The average molecular weight is 1190 g/mol. The van der Waals surface area contributed by atoms with Gasteiger partial charge < -0.3 is 0 Å². The minimum absolute atomic E-state index is 0.373. The van der Waals surface area contributed by atoms with E-state index in [4.69, 9.17) is 19.2 Å². The van der Waals surface area contributed by atoms with Gasteiger partial charge in [0.25, 0.3) is 0 Å². The number of unbranched alkanes of at least 4 members (excludes halogenated alkanes) is 32. The van der Waals surface area contributed by atoms with Crippen LogP contribution >= 0.6 is 45.7 Å². The molecule has 0 N–H and O–H groups in total. The summed E-state index contributed by atoms with van der Waals surface area (Å²) in [6.45, 7) is 14.0. The van der Waals surface area contributed by atoms with Crippen molar-refractivity contribution in [2.24, 2.45) is 11.8 Å². The molecule has 4 nitrogen and oxygen atoms in total. The second-order valence-electron chi connectivity index (χ2n) is 23.8. The van der Waals surface area contributed by atoms with E-state index in [-0.39, 0.29) is 0 Å². The average Bonchev–Trinajstić information content (AvgIpc) is 4.37. The molecule has 2 unspecified atom stereocenters. The van der Waals surface area contributed by atoms with Crippen molar-refractivity contribution in [1.29, 1.82) is 0 Å². The molecule has 77 heavy (non-hydrogen) atoms. The predicted octanol–water partition coefficient (Wildman–Crippen LogP) is 24.5. The zero-order valence-corrected chi connectivity index (χ0v) is 55.0. The van der Waals surface area contributed by atoms with Crippen LogP contribution < -0.4 is 0 Å². The van der Waals surface area contributed by atoms with Crippen molar-refractivity contribution in [3.63, 3.8) is 0 Å². The summed E-state index contributed by atoms with van der Waals surface area (Å²) in [5, 5.41) is 10.0. The first-order valence-electron chi connectivity index (χ1n) is 32.6. The first-order valence-corrected chi connectivity index (χ1v) is 37.5. The van der Waals surface area contributed by atoms with Gasteiger partial charge in [0.1, 0.15) is 0 Å². The molecule has 1 aromatic carbocycles. The first-order chi connectivity index (χ1) is 37.9. The van der Waals surface area contributed by atoms with Crippen LogP contribution in [0.2, 0.25) is 0 Å². The van der Waals surface area contributed by atoms with E-state index in [1.165, 1.54) is 314 Å². The number of rotatable bonds is 47. The van der Waals surface area contributed by atoms with Crippen molar-refractivity contribution < 1.29 is 0 Å². The molecular weight excluding hydrogens is 1080 g/mol. The summed E-state index contributed by atoms with van der Waals surface area (Å²) in [7, 11) is 0. The Balaban J connectivity index is 1.20. The van der Waals surface area contributed by atoms with Crippen molar-refractivity contribution in [3.05, 3.63) is 44.7 Å². The fourth-order valence-electron chi connectivity index (χ4n) is 12.3. The summed E-state index contributed by atoms with van der Waals surface area (Å²) in [4.78, 5) is 5.66. The molecule has 0 aliphatic rings. The topological polar surface area (TPSA) is 51.6 Å². The van der Waals surface area contributed by atoms with E-state index in [2.05, 4.69) is 65.8 Å². The van der Waals surface area contributed by atoms with E-state index in [9.17, 15) is 0 Å². The summed E-state index contributed by atoms with van der Waals surface area (Å²) in [5.74, 6) is 1.49. The van der Waals surface area contributed by atoms with E-state index in [0.717, 1.165) is 22.9 Å². The quantitative estimate of drug-likeness (QED) is 0.0282. The van der Waals surface area contributed by atoms with Gasteiger partial charge in [-0.2, -0.15) is 0 Å². The molecule has 0 bridgehead atoms. The van der Waals surface area contributed by atoms with Gasteiger partial charge in [-0.15, -0.1) is 0 Å². The Labute approximate surface area is 494 Å². The van der Waals surface area contributed by atoms with E-state index in [1.54, 1.807) is 38.6 Å². The third-order valence-corrected chi connectivity index (χ3v) is 23.3. The Kier molecular flexibility index (Phi) is 32.5. The molecule has 0 aliphatic carbocycles. The second kappa shape index (κ2) is 38.9. The van der Waals surface area contributed by atoms with Gasteiger partial charge in [-0.05, 0) is 5.92 Å². The number of thiophene rings is 2. The molecule has 0 radical (unpaired) electrons. The number of aromatic nitrogens is 4. The number of fused-ring (bicyclic) bond motifs is 2. The van der Waals surface area contributed by atoms with Gasteiger partial charge in [0.05, 0.1) is 0 Å². The molecule has 0 amide bonds. The zero-order valence-electron chi connectivity index (χ0n) is 50.0. The SMILES string of the molecule is CCCCCCCCCCCCC(CCCCCCCCCC)Cc1cc(-c2c3nnsc3c(-c3cc(CC(CCCCCCCCCC)CCCCCCCCCCCC)c(-c4ccc(C)[se]4)s3)c3nnsc23)sc1C. The molecule has 5 aromatic heterocycles. The van der Waals surface area contributed by atoms with Crippen LogP contribution in [0.3, 0.4) is 0 Å². The normalized spacial score (nSPS) is 12.8. The Morgan fingerprint density at radius 2 is 0.740 bits per heavy atom. The van der Waals surface area contributed by atoms with E-state index in [0.29, 0.717) is 14.5 Å². The van der Waals surface area contributed by atoms with Crippen molar-refractivity contribution in [3.8, 4) is 30.2 Å². The number of aryl methyl sites for hydroxylation is 2. The van der Waals surface area contributed by atoms with E-state index < -0.39 is 0 Å².